The van der Waals surface area contributed by atoms with Crippen molar-refractivity contribution < 1.29 is 9.53 Å². The molecule has 2 heteroatoms. The molecule has 0 radical (unpaired) electrons. The van der Waals surface area contributed by atoms with E-state index < -0.39 is 0 Å². The van der Waals surface area contributed by atoms with E-state index in [4.69, 9.17) is 4.74 Å². The van der Waals surface area contributed by atoms with Gasteiger partial charge >= 0.3 is 5.97 Å². The zero-order valence-electron chi connectivity index (χ0n) is 13.9. The molecular formula is C20H30O2. The van der Waals surface area contributed by atoms with E-state index in [-0.39, 0.29) is 5.97 Å². The monoisotopic (exact) mass is 302 g/mol. The first-order valence-corrected chi connectivity index (χ1v) is 8.67. The Bertz CT molecular complexity index is 413. The summed E-state index contributed by atoms with van der Waals surface area (Å²) >= 11 is 0. The third-order valence-electron chi connectivity index (χ3n) is 3.55. The van der Waals surface area contributed by atoms with Crippen molar-refractivity contribution in [1.82, 2.24) is 0 Å². The molecular weight excluding hydrogens is 272 g/mol. The molecule has 2 nitrogen and oxygen atoms in total. The summed E-state index contributed by atoms with van der Waals surface area (Å²) in [6, 6.07) is 0. The molecule has 0 atom stereocenters. The Hall–Kier alpha value is -1.57. The van der Waals surface area contributed by atoms with Crippen molar-refractivity contribution >= 4 is 5.97 Å². The number of hydrogen-bond donors (Lipinski definition) is 0. The maximum Gasteiger partial charge on any atom is 0.310 e. The number of carbonyl (C=O) groups excluding carboxylic acids is 1. The van der Waals surface area contributed by atoms with Crippen LogP contribution < -0.4 is 0 Å². The van der Waals surface area contributed by atoms with Crippen LogP contribution in [-0.2, 0) is 9.53 Å². The third-order valence-corrected chi connectivity index (χ3v) is 3.55. The van der Waals surface area contributed by atoms with E-state index in [9.17, 15) is 4.79 Å². The summed E-state index contributed by atoms with van der Waals surface area (Å²) < 4.78 is 5.16. The van der Waals surface area contributed by atoms with Gasteiger partial charge in [-0.2, -0.15) is 0 Å². The van der Waals surface area contributed by atoms with Gasteiger partial charge in [-0.1, -0.05) is 56.2 Å². The number of carbonyl (C=O) groups is 1. The highest BCUT2D eigenvalue weighted by Crippen LogP contribution is 2.17. The van der Waals surface area contributed by atoms with Crippen molar-refractivity contribution in [2.75, 3.05) is 0 Å². The number of unbranched alkanes of at least 4 members (excludes halogenated alkanes) is 3. The van der Waals surface area contributed by atoms with Gasteiger partial charge in [0.2, 0.25) is 0 Å². The van der Waals surface area contributed by atoms with Crippen molar-refractivity contribution in [3.8, 4) is 0 Å². The predicted molar refractivity (Wildman–Crippen MR) is 93.4 cm³/mol. The summed E-state index contributed by atoms with van der Waals surface area (Å²) in [6.45, 7) is 2.23. The molecule has 0 aliphatic carbocycles. The molecule has 0 aromatic carbocycles. The Morgan fingerprint density at radius 2 is 1.59 bits per heavy atom. The molecule has 0 bridgehead atoms. The van der Waals surface area contributed by atoms with Gasteiger partial charge < -0.3 is 4.74 Å². The first kappa shape index (κ1) is 18.5. The summed E-state index contributed by atoms with van der Waals surface area (Å²) in [7, 11) is 0. The topological polar surface area (TPSA) is 26.3 Å². The van der Waals surface area contributed by atoms with Crippen molar-refractivity contribution in [2.45, 2.75) is 71.1 Å². The fraction of sp³-hybridized carbons (Fsp3) is 0.550. The lowest BCUT2D eigenvalue weighted by molar-refractivity contribution is -0.141. The molecule has 1 rings (SSSR count). The zero-order chi connectivity index (χ0) is 15.9. The van der Waals surface area contributed by atoms with Crippen molar-refractivity contribution in [3.05, 3.63) is 48.3 Å². The molecule has 1 heterocycles. The van der Waals surface area contributed by atoms with Gasteiger partial charge in [0.15, 0.2) is 0 Å². The molecule has 0 aromatic rings. The highest BCUT2D eigenvalue weighted by molar-refractivity contribution is 5.71. The zero-order valence-corrected chi connectivity index (χ0v) is 13.9. The molecule has 0 spiro atoms. The summed E-state index contributed by atoms with van der Waals surface area (Å²) in [5.41, 5.74) is 0. The number of ether oxygens (including phenoxy) is 1. The van der Waals surface area contributed by atoms with Gasteiger partial charge in [-0.15, -0.1) is 0 Å². The van der Waals surface area contributed by atoms with Gasteiger partial charge in [0.05, 0.1) is 0 Å². The lowest BCUT2D eigenvalue weighted by Crippen LogP contribution is -2.10. The highest BCUT2D eigenvalue weighted by atomic mass is 16.5. The van der Waals surface area contributed by atoms with Gasteiger partial charge in [0, 0.05) is 12.8 Å². The molecule has 1 aliphatic heterocycles. The van der Waals surface area contributed by atoms with Crippen LogP contribution in [0.25, 0.3) is 0 Å². The van der Waals surface area contributed by atoms with Gasteiger partial charge in [-0.3, -0.25) is 4.79 Å². The molecule has 1 saturated heterocycles. The standard InChI is InChI=1S/C20H30O2/c1-2-3-4-5-6-7-8-9-10-11-12-13-14-16-19-17-15-18-20(21)22-19/h6-7,9-10,12-13,16H,2-5,8,11,14-15,17-18H2,1H3/b7-6+,10-9+,13-12+,19-16-. The highest BCUT2D eigenvalue weighted by Gasteiger charge is 2.13. The van der Waals surface area contributed by atoms with Crippen LogP contribution in [0.3, 0.4) is 0 Å². The van der Waals surface area contributed by atoms with Gasteiger partial charge in [-0.05, 0) is 44.6 Å². The van der Waals surface area contributed by atoms with E-state index >= 15 is 0 Å². The van der Waals surface area contributed by atoms with Crippen LogP contribution in [0.5, 0.6) is 0 Å². The maximum atomic E-state index is 11.1. The molecule has 0 unspecified atom stereocenters. The molecule has 122 valence electrons. The molecule has 1 aliphatic rings. The first-order valence-electron chi connectivity index (χ1n) is 8.67. The minimum absolute atomic E-state index is 0.0906. The minimum Gasteiger partial charge on any atom is -0.431 e. The Labute approximate surface area is 135 Å². The van der Waals surface area contributed by atoms with Crippen LogP contribution in [0.4, 0.5) is 0 Å². The van der Waals surface area contributed by atoms with E-state index in [1.807, 2.05) is 6.08 Å². The van der Waals surface area contributed by atoms with Crippen LogP contribution in [0.1, 0.15) is 71.1 Å². The molecule has 0 saturated carbocycles. The Balaban J connectivity index is 2.02. The second-order valence-electron chi connectivity index (χ2n) is 5.62. The number of hydrogen-bond acceptors (Lipinski definition) is 2. The number of allylic oxidation sites excluding steroid dienone is 8. The van der Waals surface area contributed by atoms with Gasteiger partial charge in [0.25, 0.3) is 0 Å². The van der Waals surface area contributed by atoms with Crippen LogP contribution in [0.2, 0.25) is 0 Å². The van der Waals surface area contributed by atoms with Crippen LogP contribution in [0, 0.1) is 0 Å². The molecule has 1 fully saturated rings. The minimum atomic E-state index is -0.0906. The molecule has 0 N–H and O–H groups in total. The van der Waals surface area contributed by atoms with Crippen LogP contribution in [-0.4, -0.2) is 5.97 Å². The molecule has 0 aromatic heterocycles. The van der Waals surface area contributed by atoms with Crippen molar-refractivity contribution in [2.24, 2.45) is 0 Å². The normalized spacial score (nSPS) is 18.0. The molecule has 22 heavy (non-hydrogen) atoms. The van der Waals surface area contributed by atoms with Crippen LogP contribution in [0.15, 0.2) is 48.3 Å². The second-order valence-corrected chi connectivity index (χ2v) is 5.62. The van der Waals surface area contributed by atoms with E-state index in [1.165, 1.54) is 25.7 Å². The smallest absolute Gasteiger partial charge is 0.310 e. The van der Waals surface area contributed by atoms with Gasteiger partial charge in [0.1, 0.15) is 5.76 Å². The average Bonchev–Trinajstić information content (AvgIpc) is 2.52. The molecule has 0 amide bonds. The van der Waals surface area contributed by atoms with E-state index in [0.29, 0.717) is 6.42 Å². The SMILES string of the molecule is CCCCC/C=C/C/C=C/C/C=C/C/C=C1/CCCC(=O)O1. The Morgan fingerprint density at radius 1 is 0.909 bits per heavy atom. The Morgan fingerprint density at radius 3 is 2.27 bits per heavy atom. The summed E-state index contributed by atoms with van der Waals surface area (Å²) in [4.78, 5) is 11.1. The fourth-order valence-corrected chi connectivity index (χ4v) is 2.27. The number of rotatable bonds is 10. The second kappa shape index (κ2) is 13.1. The number of cyclic esters (lactones) is 1. The quantitative estimate of drug-likeness (QED) is 0.280. The van der Waals surface area contributed by atoms with Crippen LogP contribution >= 0.6 is 0 Å². The summed E-state index contributed by atoms with van der Waals surface area (Å²) in [5.74, 6) is 0.747. The summed E-state index contributed by atoms with van der Waals surface area (Å²) in [5, 5.41) is 0. The number of esters is 1. The first-order chi connectivity index (χ1) is 10.8. The predicted octanol–water partition coefficient (Wildman–Crippen LogP) is 6.02. The average molecular weight is 302 g/mol. The van der Waals surface area contributed by atoms with Crippen molar-refractivity contribution in [3.63, 3.8) is 0 Å². The lowest BCUT2D eigenvalue weighted by Gasteiger charge is -2.13. The van der Waals surface area contributed by atoms with Crippen molar-refractivity contribution in [1.29, 1.82) is 0 Å². The summed E-state index contributed by atoms with van der Waals surface area (Å²) in [6.07, 6.45) is 25.6. The Kier molecular flexibility index (Phi) is 11.0. The maximum absolute atomic E-state index is 11.1. The third kappa shape index (κ3) is 10.2. The fourth-order valence-electron chi connectivity index (χ4n) is 2.27. The van der Waals surface area contributed by atoms with E-state index in [0.717, 1.165) is 37.9 Å². The van der Waals surface area contributed by atoms with Gasteiger partial charge in [-0.25, -0.2) is 0 Å². The lowest BCUT2D eigenvalue weighted by atomic mass is 10.1. The largest absolute Gasteiger partial charge is 0.431 e. The van der Waals surface area contributed by atoms with E-state index in [1.54, 1.807) is 0 Å². The van der Waals surface area contributed by atoms with E-state index in [2.05, 4.69) is 43.4 Å².